The molecule has 110 valence electrons. The van der Waals surface area contributed by atoms with Crippen molar-refractivity contribution < 1.29 is 4.74 Å². The molecule has 0 aromatic carbocycles. The van der Waals surface area contributed by atoms with Crippen LogP contribution < -0.4 is 11.1 Å². The summed E-state index contributed by atoms with van der Waals surface area (Å²) < 4.78 is 6.09. The zero-order chi connectivity index (χ0) is 13.9. The molecule has 3 N–H and O–H groups in total. The summed E-state index contributed by atoms with van der Waals surface area (Å²) >= 11 is 0. The van der Waals surface area contributed by atoms with Crippen LogP contribution in [-0.4, -0.2) is 54.8 Å². The quantitative estimate of drug-likeness (QED) is 0.846. The number of morpholine rings is 1. The number of ether oxygens (including phenoxy) is 1. The molecule has 0 aliphatic carbocycles. The molecule has 0 spiro atoms. The van der Waals surface area contributed by atoms with Crippen molar-refractivity contribution >= 4 is 5.69 Å². The maximum atomic E-state index is 6.09. The van der Waals surface area contributed by atoms with Crippen LogP contribution in [0.3, 0.4) is 0 Å². The van der Waals surface area contributed by atoms with Crippen LogP contribution in [0.25, 0.3) is 0 Å². The normalized spacial score (nSPS) is 28.2. The second-order valence-electron chi connectivity index (χ2n) is 5.84. The number of nitrogen functional groups attached to an aromatic ring is 1. The van der Waals surface area contributed by atoms with Gasteiger partial charge in [0.1, 0.15) is 0 Å². The smallest absolute Gasteiger partial charge is 0.0858 e. The fraction of sp³-hybridized carbons (Fsp3) is 0.667. The molecule has 2 fully saturated rings. The highest BCUT2D eigenvalue weighted by atomic mass is 16.5. The first-order chi connectivity index (χ1) is 9.78. The Bertz CT molecular complexity index is 453. The van der Waals surface area contributed by atoms with Crippen LogP contribution >= 0.6 is 0 Å². The van der Waals surface area contributed by atoms with E-state index in [9.17, 15) is 0 Å². The second kappa shape index (κ2) is 6.08. The molecule has 0 amide bonds. The van der Waals surface area contributed by atoms with Gasteiger partial charge in [-0.2, -0.15) is 0 Å². The van der Waals surface area contributed by atoms with E-state index < -0.39 is 0 Å². The molecular weight excluding hydrogens is 252 g/mol. The van der Waals surface area contributed by atoms with Crippen molar-refractivity contribution in [2.24, 2.45) is 0 Å². The Kier molecular flexibility index (Phi) is 4.19. The molecule has 2 aliphatic rings. The van der Waals surface area contributed by atoms with Gasteiger partial charge < -0.3 is 15.8 Å². The number of hydrogen-bond acceptors (Lipinski definition) is 5. The van der Waals surface area contributed by atoms with Crippen LogP contribution in [0, 0.1) is 0 Å². The zero-order valence-electron chi connectivity index (χ0n) is 12.1. The summed E-state index contributed by atoms with van der Waals surface area (Å²) in [5.41, 5.74) is 7.93. The molecule has 0 bridgehead atoms. The highest BCUT2D eigenvalue weighted by molar-refractivity contribution is 5.44. The molecule has 20 heavy (non-hydrogen) atoms. The van der Waals surface area contributed by atoms with Crippen molar-refractivity contribution in [3.05, 3.63) is 24.0 Å². The summed E-state index contributed by atoms with van der Waals surface area (Å²) in [6, 6.07) is 2.79. The van der Waals surface area contributed by atoms with Crippen LogP contribution in [0.5, 0.6) is 0 Å². The Hall–Kier alpha value is -1.17. The average molecular weight is 276 g/mol. The van der Waals surface area contributed by atoms with E-state index in [2.05, 4.69) is 15.2 Å². The fourth-order valence-corrected chi connectivity index (χ4v) is 3.35. The minimum atomic E-state index is 0.231. The number of nitrogens with zero attached hydrogens (tertiary/aromatic N) is 2. The number of rotatable bonds is 4. The van der Waals surface area contributed by atoms with Gasteiger partial charge in [-0.15, -0.1) is 0 Å². The van der Waals surface area contributed by atoms with Gasteiger partial charge in [0.15, 0.2) is 0 Å². The summed E-state index contributed by atoms with van der Waals surface area (Å²) in [5, 5.41) is 3.39. The summed E-state index contributed by atoms with van der Waals surface area (Å²) in [5.74, 6) is 0. The Labute approximate surface area is 120 Å². The number of likely N-dealkylation sites (N-methyl/N-ethyl adjacent to an activating group) is 1. The molecule has 3 heterocycles. The van der Waals surface area contributed by atoms with E-state index in [-0.39, 0.29) is 12.1 Å². The van der Waals surface area contributed by atoms with Crippen molar-refractivity contribution in [2.75, 3.05) is 32.5 Å². The van der Waals surface area contributed by atoms with E-state index in [1.54, 1.807) is 6.20 Å². The van der Waals surface area contributed by atoms with Crippen molar-refractivity contribution in [3.8, 4) is 0 Å². The van der Waals surface area contributed by atoms with Gasteiger partial charge in [0, 0.05) is 36.7 Å². The molecule has 1 aromatic rings. The molecule has 2 saturated heterocycles. The first kappa shape index (κ1) is 13.8. The number of fused-ring (bicyclic) bond motifs is 1. The first-order valence-electron chi connectivity index (χ1n) is 7.49. The second-order valence-corrected chi connectivity index (χ2v) is 5.84. The Morgan fingerprint density at radius 3 is 3.30 bits per heavy atom. The van der Waals surface area contributed by atoms with Crippen LogP contribution in [0.15, 0.2) is 18.5 Å². The van der Waals surface area contributed by atoms with Gasteiger partial charge in [0.25, 0.3) is 0 Å². The third-order valence-corrected chi connectivity index (χ3v) is 4.62. The van der Waals surface area contributed by atoms with Crippen LogP contribution in [0.4, 0.5) is 5.69 Å². The maximum absolute atomic E-state index is 6.09. The molecule has 2 aliphatic heterocycles. The number of nitrogens with two attached hydrogens (primary N) is 1. The summed E-state index contributed by atoms with van der Waals surface area (Å²) in [6.07, 6.45) is 7.28. The molecule has 5 heteroatoms. The van der Waals surface area contributed by atoms with Crippen molar-refractivity contribution in [1.29, 1.82) is 0 Å². The number of pyridine rings is 1. The lowest BCUT2D eigenvalue weighted by Crippen LogP contribution is -2.54. The molecule has 3 rings (SSSR count). The summed E-state index contributed by atoms with van der Waals surface area (Å²) in [6.45, 7) is 3.11. The van der Waals surface area contributed by atoms with Gasteiger partial charge in [-0.25, -0.2) is 0 Å². The predicted octanol–water partition coefficient (Wildman–Crippen LogP) is 0.658. The Morgan fingerprint density at radius 1 is 1.60 bits per heavy atom. The molecule has 3 unspecified atom stereocenters. The van der Waals surface area contributed by atoms with Crippen LogP contribution in [-0.2, 0) is 11.2 Å². The lowest BCUT2D eigenvalue weighted by Gasteiger charge is -2.39. The van der Waals surface area contributed by atoms with Gasteiger partial charge in [0.05, 0.1) is 12.7 Å². The molecule has 3 atom stereocenters. The SMILES string of the molecule is CNC(Cc1cnccc1N)C1CN2CCCC2CO1. The number of nitrogens with one attached hydrogen (secondary N) is 1. The molecule has 0 saturated carbocycles. The third-order valence-electron chi connectivity index (χ3n) is 4.62. The molecule has 1 aromatic heterocycles. The molecule has 0 radical (unpaired) electrons. The van der Waals surface area contributed by atoms with E-state index in [0.29, 0.717) is 6.04 Å². The average Bonchev–Trinajstić information content (AvgIpc) is 2.94. The standard InChI is InChI=1S/C15H24N4O/c1-17-14(7-11-8-18-5-4-13(11)16)15-9-19-6-2-3-12(19)10-20-15/h4-5,8,12,14-15,17H,2-3,6-7,9-10H2,1H3,(H2,16,18). The Balaban J connectivity index is 1.66. The van der Waals surface area contributed by atoms with Gasteiger partial charge in [-0.3, -0.25) is 9.88 Å². The lowest BCUT2D eigenvalue weighted by molar-refractivity contribution is -0.0633. The van der Waals surface area contributed by atoms with Gasteiger partial charge >= 0.3 is 0 Å². The van der Waals surface area contributed by atoms with Crippen LogP contribution in [0.1, 0.15) is 18.4 Å². The van der Waals surface area contributed by atoms with E-state index in [4.69, 9.17) is 10.5 Å². The van der Waals surface area contributed by atoms with Crippen LogP contribution in [0.2, 0.25) is 0 Å². The van der Waals surface area contributed by atoms with Gasteiger partial charge in [-0.1, -0.05) is 0 Å². The summed E-state index contributed by atoms with van der Waals surface area (Å²) in [7, 11) is 2.00. The van der Waals surface area contributed by atoms with Gasteiger partial charge in [0.2, 0.25) is 0 Å². The van der Waals surface area contributed by atoms with Gasteiger partial charge in [-0.05, 0) is 44.5 Å². The lowest BCUT2D eigenvalue weighted by atomic mass is 9.99. The van der Waals surface area contributed by atoms with Crippen molar-refractivity contribution in [2.45, 2.75) is 37.5 Å². The highest BCUT2D eigenvalue weighted by Crippen LogP contribution is 2.25. The predicted molar refractivity (Wildman–Crippen MR) is 79.5 cm³/mol. The maximum Gasteiger partial charge on any atom is 0.0858 e. The van der Waals surface area contributed by atoms with E-state index in [1.165, 1.54) is 19.4 Å². The van der Waals surface area contributed by atoms with Crippen molar-refractivity contribution in [1.82, 2.24) is 15.2 Å². The molecule has 5 nitrogen and oxygen atoms in total. The largest absolute Gasteiger partial charge is 0.398 e. The zero-order valence-corrected chi connectivity index (χ0v) is 12.1. The molecular formula is C15H24N4O. The van der Waals surface area contributed by atoms with Crippen molar-refractivity contribution in [3.63, 3.8) is 0 Å². The highest BCUT2D eigenvalue weighted by Gasteiger charge is 2.35. The number of anilines is 1. The number of hydrogen-bond donors (Lipinski definition) is 2. The van der Waals surface area contributed by atoms with E-state index >= 15 is 0 Å². The van der Waals surface area contributed by atoms with E-state index in [0.717, 1.165) is 30.8 Å². The monoisotopic (exact) mass is 276 g/mol. The minimum absolute atomic E-state index is 0.231. The first-order valence-corrected chi connectivity index (χ1v) is 7.49. The third kappa shape index (κ3) is 2.80. The fourth-order valence-electron chi connectivity index (χ4n) is 3.35. The Morgan fingerprint density at radius 2 is 2.50 bits per heavy atom. The van der Waals surface area contributed by atoms with E-state index in [1.807, 2.05) is 19.3 Å². The number of aromatic nitrogens is 1. The summed E-state index contributed by atoms with van der Waals surface area (Å²) in [4.78, 5) is 6.75. The minimum Gasteiger partial charge on any atom is -0.398 e. The topological polar surface area (TPSA) is 63.4 Å².